The van der Waals surface area contributed by atoms with Crippen LogP contribution >= 0.6 is 0 Å². The van der Waals surface area contributed by atoms with E-state index in [0.717, 1.165) is 18.4 Å². The average Bonchev–Trinajstić information content (AvgIpc) is 2.96. The smallest absolute Gasteiger partial charge is 0.281 e. The fourth-order valence-electron chi connectivity index (χ4n) is 3.98. The molecule has 0 unspecified atom stereocenters. The summed E-state index contributed by atoms with van der Waals surface area (Å²) in [5.41, 5.74) is 2.23. The zero-order valence-corrected chi connectivity index (χ0v) is 24.5. The van der Waals surface area contributed by atoms with Crippen molar-refractivity contribution >= 4 is 15.9 Å². The molecule has 9 nitrogen and oxygen atoms in total. The normalized spacial score (nSPS) is 11.4. The molecule has 0 bridgehead atoms. The van der Waals surface area contributed by atoms with Crippen LogP contribution in [0.3, 0.4) is 0 Å². The number of pyridine rings is 3. The topological polar surface area (TPSA) is 120 Å². The maximum atomic E-state index is 14.5. The molecule has 0 spiro atoms. The summed E-state index contributed by atoms with van der Waals surface area (Å²) in [6.07, 6.45) is 5.74. The Kier molecular flexibility index (Phi) is 10.2. The molecule has 1 amide bonds. The Balaban J connectivity index is 0.00000337. The van der Waals surface area contributed by atoms with Gasteiger partial charge >= 0.3 is 0 Å². The molecule has 0 fully saturated rings. The second-order valence-electron chi connectivity index (χ2n) is 10.1. The third kappa shape index (κ3) is 8.56. The molecule has 1 aromatic carbocycles. The molecule has 0 aliphatic rings. The minimum Gasteiger partial charge on any atom is -0.493 e. The Labute approximate surface area is 248 Å². The van der Waals surface area contributed by atoms with Gasteiger partial charge < -0.3 is 9.47 Å². The van der Waals surface area contributed by atoms with E-state index in [0.29, 0.717) is 35.7 Å². The number of nitrogens with one attached hydrogen (secondary N) is 1. The summed E-state index contributed by atoms with van der Waals surface area (Å²) in [5, 5.41) is -0.285. The van der Waals surface area contributed by atoms with Crippen molar-refractivity contribution in [2.45, 2.75) is 45.1 Å². The highest BCUT2D eigenvalue weighted by atomic mass is 32.2. The number of aryl methyl sites for hydroxylation is 2. The molecular formula is C31H37FN4O5S. The van der Waals surface area contributed by atoms with Crippen molar-refractivity contribution in [3.63, 3.8) is 0 Å². The van der Waals surface area contributed by atoms with Crippen LogP contribution in [0.2, 0.25) is 0 Å². The second kappa shape index (κ2) is 14.0. The van der Waals surface area contributed by atoms with Crippen LogP contribution in [0.25, 0.3) is 11.3 Å². The average molecular weight is 597 g/mol. The maximum absolute atomic E-state index is 14.5. The molecule has 0 aliphatic carbocycles. The number of unbranched alkanes of at least 4 members (excludes halogenated alkanes) is 1. The second-order valence-corrected chi connectivity index (χ2v) is 11.8. The maximum Gasteiger partial charge on any atom is 0.281 e. The minimum atomic E-state index is -4.26. The number of amides is 1. The van der Waals surface area contributed by atoms with Crippen LogP contribution in [-0.4, -0.2) is 42.5 Å². The number of hydrogen-bond acceptors (Lipinski definition) is 8. The number of rotatable bonds is 13. The van der Waals surface area contributed by atoms with E-state index in [4.69, 9.17) is 9.47 Å². The lowest BCUT2D eigenvalue weighted by Gasteiger charge is -2.14. The van der Waals surface area contributed by atoms with Gasteiger partial charge in [-0.3, -0.25) is 9.78 Å². The van der Waals surface area contributed by atoms with E-state index in [1.165, 1.54) is 36.4 Å². The molecule has 0 radical (unpaired) electrons. The van der Waals surface area contributed by atoms with Gasteiger partial charge in [-0.05, 0) is 80.1 Å². The van der Waals surface area contributed by atoms with Gasteiger partial charge in [0.25, 0.3) is 15.9 Å². The summed E-state index contributed by atoms with van der Waals surface area (Å²) >= 11 is 0. The van der Waals surface area contributed by atoms with Crippen molar-refractivity contribution in [1.29, 1.82) is 0 Å². The zero-order chi connectivity index (χ0) is 30.1. The summed E-state index contributed by atoms with van der Waals surface area (Å²) in [7, 11) is -4.26. The highest BCUT2D eigenvalue weighted by molar-refractivity contribution is 7.90. The third-order valence-corrected chi connectivity index (χ3v) is 7.27. The first-order chi connectivity index (χ1) is 20.1. The Morgan fingerprint density at radius 3 is 2.60 bits per heavy atom. The van der Waals surface area contributed by atoms with Gasteiger partial charge in [0, 0.05) is 32.6 Å². The van der Waals surface area contributed by atoms with Crippen LogP contribution in [0.4, 0.5) is 4.39 Å². The predicted octanol–water partition coefficient (Wildman–Crippen LogP) is 6.03. The van der Waals surface area contributed by atoms with Crippen LogP contribution in [0, 0.1) is 18.7 Å². The Morgan fingerprint density at radius 2 is 1.86 bits per heavy atom. The molecular weight excluding hydrogens is 559 g/mol. The van der Waals surface area contributed by atoms with E-state index >= 15 is 0 Å². The van der Waals surface area contributed by atoms with Gasteiger partial charge in [-0.15, -0.1) is 0 Å². The number of nitrogens with zero attached hydrogens (tertiary/aromatic N) is 3. The molecule has 3 heterocycles. The number of carbonyl (C=O) groups excluding carboxylic acids is 1. The standard InChI is InChI=1S/C31H33FN4O5S.2H2/c1-21(2)20-41-26-17-24(16-25(32)18-26)28-13-12-27(30(37)36-42(38,39)29-11-6-8-22(3)34-29)31(35-28)40-15-5-4-9-23-10-7-14-33-19-23;;/h6-8,10-14,16-19,21H,4-5,9,15,20H2,1-3H3,(H,36,37);2*1H. The van der Waals surface area contributed by atoms with Gasteiger partial charge in [0.05, 0.1) is 18.9 Å². The van der Waals surface area contributed by atoms with Crippen molar-refractivity contribution in [3.05, 3.63) is 95.7 Å². The number of benzene rings is 1. The van der Waals surface area contributed by atoms with Gasteiger partial charge in [-0.1, -0.05) is 26.0 Å². The Hall–Kier alpha value is -4.38. The number of hydrogen-bond donors (Lipinski definition) is 1. The molecule has 1 N–H and O–H groups in total. The van der Waals surface area contributed by atoms with E-state index in [9.17, 15) is 17.6 Å². The first kappa shape index (κ1) is 30.6. The minimum absolute atomic E-state index is 0. The van der Waals surface area contributed by atoms with Gasteiger partial charge in [0.15, 0.2) is 5.03 Å². The van der Waals surface area contributed by atoms with Gasteiger partial charge in [0.1, 0.15) is 17.1 Å². The molecule has 0 aliphatic heterocycles. The first-order valence-corrected chi connectivity index (χ1v) is 15.1. The van der Waals surface area contributed by atoms with Gasteiger partial charge in [0.2, 0.25) is 5.88 Å². The summed E-state index contributed by atoms with van der Waals surface area (Å²) in [6, 6.07) is 15.5. The Bertz CT molecular complexity index is 1640. The molecule has 11 heteroatoms. The number of ether oxygens (including phenoxy) is 2. The number of halogens is 1. The summed E-state index contributed by atoms with van der Waals surface area (Å²) in [6.45, 7) is 6.25. The molecule has 224 valence electrons. The van der Waals surface area contributed by atoms with Crippen molar-refractivity contribution in [2.24, 2.45) is 5.92 Å². The van der Waals surface area contributed by atoms with Crippen molar-refractivity contribution in [1.82, 2.24) is 19.7 Å². The van der Waals surface area contributed by atoms with Crippen molar-refractivity contribution in [3.8, 4) is 22.9 Å². The quantitative estimate of drug-likeness (QED) is 0.186. The third-order valence-electron chi connectivity index (χ3n) is 6.04. The highest BCUT2D eigenvalue weighted by Crippen LogP contribution is 2.28. The van der Waals surface area contributed by atoms with E-state index < -0.39 is 21.7 Å². The van der Waals surface area contributed by atoms with E-state index in [1.54, 1.807) is 31.5 Å². The summed E-state index contributed by atoms with van der Waals surface area (Å²) < 4.78 is 53.9. The zero-order valence-electron chi connectivity index (χ0n) is 23.7. The molecule has 0 saturated carbocycles. The van der Waals surface area contributed by atoms with Gasteiger partial charge in [-0.2, -0.15) is 8.42 Å². The number of aromatic nitrogens is 3. The molecule has 3 aromatic heterocycles. The number of carbonyl (C=O) groups is 1. The Morgan fingerprint density at radius 1 is 1.02 bits per heavy atom. The molecule has 42 heavy (non-hydrogen) atoms. The fraction of sp³-hybridized carbons (Fsp3) is 0.290. The lowest BCUT2D eigenvalue weighted by Crippen LogP contribution is -2.31. The van der Waals surface area contributed by atoms with Crippen molar-refractivity contribution < 1.29 is 29.9 Å². The summed E-state index contributed by atoms with van der Waals surface area (Å²) in [4.78, 5) is 25.8. The first-order valence-electron chi connectivity index (χ1n) is 13.6. The van der Waals surface area contributed by atoms with E-state index in [-0.39, 0.29) is 31.8 Å². The predicted molar refractivity (Wildman–Crippen MR) is 160 cm³/mol. The van der Waals surface area contributed by atoms with Crippen molar-refractivity contribution in [2.75, 3.05) is 13.2 Å². The monoisotopic (exact) mass is 596 g/mol. The van der Waals surface area contributed by atoms with Crippen LogP contribution in [0.1, 0.15) is 51.2 Å². The molecule has 0 saturated heterocycles. The fourth-order valence-corrected chi connectivity index (χ4v) is 4.96. The van der Waals surface area contributed by atoms with Crippen LogP contribution in [0.15, 0.2) is 78.1 Å². The van der Waals surface area contributed by atoms with Crippen LogP contribution in [-0.2, 0) is 16.4 Å². The summed E-state index contributed by atoms with van der Waals surface area (Å²) in [5.74, 6) is -0.922. The molecule has 4 aromatic rings. The number of sulfonamides is 1. The lowest BCUT2D eigenvalue weighted by molar-refractivity contribution is 0.0976. The highest BCUT2D eigenvalue weighted by Gasteiger charge is 2.24. The molecule has 0 atom stereocenters. The van der Waals surface area contributed by atoms with E-state index in [2.05, 4.69) is 15.0 Å². The van der Waals surface area contributed by atoms with Crippen LogP contribution in [0.5, 0.6) is 11.6 Å². The van der Waals surface area contributed by atoms with E-state index in [1.807, 2.05) is 30.7 Å². The largest absolute Gasteiger partial charge is 0.493 e. The lowest BCUT2D eigenvalue weighted by atomic mass is 10.1. The van der Waals surface area contributed by atoms with Crippen LogP contribution < -0.4 is 14.2 Å². The SMILES string of the molecule is Cc1cccc(S(=O)(=O)NC(=O)c2ccc(-c3cc(F)cc(OCC(C)C)c3)nc2OCCCCc2cccnc2)n1.[HH].[HH]. The van der Waals surface area contributed by atoms with Gasteiger partial charge in [-0.25, -0.2) is 19.1 Å². The molecule has 4 rings (SSSR count).